The second kappa shape index (κ2) is 6.68. The molecule has 4 saturated carbocycles. The molecular formula is C24H36O8. The summed E-state index contributed by atoms with van der Waals surface area (Å²) in [5.41, 5.74) is -2.98. The van der Waals surface area contributed by atoms with Crippen LogP contribution in [0.15, 0.2) is 0 Å². The zero-order chi connectivity index (χ0) is 23.4. The number of carbonyl (C=O) groups is 2. The summed E-state index contributed by atoms with van der Waals surface area (Å²) in [7, 11) is 0. The Hall–Kier alpha value is -1.22. The molecule has 11 unspecified atom stereocenters. The minimum absolute atomic E-state index is 0.0399. The third-order valence-electron chi connectivity index (χ3n) is 10.1. The minimum Gasteiger partial charge on any atom is -0.462 e. The molecule has 1 spiro atoms. The van der Waals surface area contributed by atoms with Gasteiger partial charge in [-0.1, -0.05) is 20.8 Å². The Kier molecular flexibility index (Phi) is 4.71. The molecule has 2 aliphatic heterocycles. The van der Waals surface area contributed by atoms with Crippen LogP contribution in [-0.2, 0) is 23.8 Å². The lowest BCUT2D eigenvalue weighted by Crippen LogP contribution is -2.76. The van der Waals surface area contributed by atoms with Crippen LogP contribution in [0.4, 0.5) is 0 Å². The zero-order valence-electron chi connectivity index (χ0n) is 19.5. The van der Waals surface area contributed by atoms with Crippen LogP contribution in [0.1, 0.15) is 60.3 Å². The number of aliphatic hydroxyl groups excluding tert-OH is 3. The smallest absolute Gasteiger partial charge is 0.303 e. The Bertz CT molecular complexity index is 842. The molecule has 8 heteroatoms. The zero-order valence-corrected chi connectivity index (χ0v) is 19.5. The molecule has 0 aromatic rings. The van der Waals surface area contributed by atoms with Crippen molar-refractivity contribution in [3.63, 3.8) is 0 Å². The van der Waals surface area contributed by atoms with Crippen molar-refractivity contribution in [3.8, 4) is 0 Å². The highest BCUT2D eigenvalue weighted by Crippen LogP contribution is 2.77. The number of hydrogen-bond donors (Lipinski definition) is 3. The molecule has 6 fully saturated rings. The first-order valence-corrected chi connectivity index (χ1v) is 11.9. The van der Waals surface area contributed by atoms with Crippen LogP contribution in [-0.4, -0.2) is 70.0 Å². The number of carbonyl (C=O) groups excluding carboxylic acids is 2. The summed E-state index contributed by atoms with van der Waals surface area (Å²) < 4.78 is 17.9. The summed E-state index contributed by atoms with van der Waals surface area (Å²) in [5, 5.41) is 33.7. The molecule has 180 valence electrons. The average molecular weight is 453 g/mol. The number of aliphatic hydroxyl groups is 3. The third kappa shape index (κ3) is 2.42. The first kappa shape index (κ1) is 22.6. The van der Waals surface area contributed by atoms with Crippen molar-refractivity contribution in [1.82, 2.24) is 0 Å². The van der Waals surface area contributed by atoms with Gasteiger partial charge >= 0.3 is 11.9 Å². The first-order valence-electron chi connectivity index (χ1n) is 11.9. The molecule has 2 saturated heterocycles. The van der Waals surface area contributed by atoms with E-state index >= 15 is 0 Å². The van der Waals surface area contributed by atoms with Gasteiger partial charge < -0.3 is 29.5 Å². The Labute approximate surface area is 188 Å². The number of ether oxygens (including phenoxy) is 3. The van der Waals surface area contributed by atoms with E-state index in [2.05, 4.69) is 6.92 Å². The highest BCUT2D eigenvalue weighted by Gasteiger charge is 2.83. The van der Waals surface area contributed by atoms with Crippen LogP contribution in [0.25, 0.3) is 0 Å². The molecule has 4 bridgehead atoms. The maximum Gasteiger partial charge on any atom is 0.303 e. The summed E-state index contributed by atoms with van der Waals surface area (Å²) in [6.45, 7) is 8.62. The van der Waals surface area contributed by atoms with E-state index in [4.69, 9.17) is 14.2 Å². The van der Waals surface area contributed by atoms with Gasteiger partial charge in [-0.05, 0) is 37.0 Å². The van der Waals surface area contributed by atoms with Crippen molar-refractivity contribution in [3.05, 3.63) is 0 Å². The largest absolute Gasteiger partial charge is 0.462 e. The van der Waals surface area contributed by atoms with Crippen molar-refractivity contribution in [2.45, 2.75) is 96.4 Å². The minimum atomic E-state index is -1.11. The van der Waals surface area contributed by atoms with Crippen LogP contribution in [0, 0.1) is 34.0 Å². The number of esters is 2. The van der Waals surface area contributed by atoms with E-state index in [0.29, 0.717) is 19.3 Å². The van der Waals surface area contributed by atoms with E-state index in [-0.39, 0.29) is 42.5 Å². The van der Waals surface area contributed by atoms with Gasteiger partial charge in [0, 0.05) is 36.5 Å². The first-order chi connectivity index (χ1) is 14.9. The van der Waals surface area contributed by atoms with Crippen LogP contribution in [0.3, 0.4) is 0 Å². The molecule has 0 radical (unpaired) electrons. The molecular weight excluding hydrogens is 416 g/mol. The van der Waals surface area contributed by atoms with E-state index in [0.717, 1.165) is 6.42 Å². The molecule has 8 nitrogen and oxygen atoms in total. The second-order valence-corrected chi connectivity index (χ2v) is 11.9. The van der Waals surface area contributed by atoms with Gasteiger partial charge in [0.25, 0.3) is 0 Å². The maximum atomic E-state index is 12.2. The van der Waals surface area contributed by atoms with E-state index in [1.54, 1.807) is 0 Å². The van der Waals surface area contributed by atoms with Crippen molar-refractivity contribution in [1.29, 1.82) is 0 Å². The van der Waals surface area contributed by atoms with E-state index < -0.39 is 46.1 Å². The van der Waals surface area contributed by atoms with Crippen LogP contribution >= 0.6 is 0 Å². The molecule has 6 aliphatic rings. The van der Waals surface area contributed by atoms with Gasteiger partial charge in [0.15, 0.2) is 0 Å². The van der Waals surface area contributed by atoms with E-state index in [9.17, 15) is 24.9 Å². The van der Waals surface area contributed by atoms with Crippen molar-refractivity contribution >= 4 is 11.9 Å². The second-order valence-electron chi connectivity index (χ2n) is 11.9. The number of rotatable bonds is 3. The fraction of sp³-hybridized carbons (Fsp3) is 0.917. The lowest BCUT2D eigenvalue weighted by molar-refractivity contribution is -0.337. The molecule has 3 N–H and O–H groups in total. The standard InChI is InChI=1S/C24H36O8/c1-11(26)30-15-6-7-22(5)17-14-8-13-9-23(17,20(29)24(13,10-25)32-14)19(28)16(31-12(2)27)18(22)21(15,3)4/h13-20,25,28-29H,6-10H2,1-5H3. The van der Waals surface area contributed by atoms with Crippen molar-refractivity contribution in [2.24, 2.45) is 34.0 Å². The number of fused-ring (bicyclic) bond motifs is 1. The lowest BCUT2D eigenvalue weighted by atomic mass is 9.38. The third-order valence-corrected chi connectivity index (χ3v) is 10.1. The summed E-state index contributed by atoms with van der Waals surface area (Å²) in [5.74, 6) is -1.35. The quantitative estimate of drug-likeness (QED) is 0.546. The molecule has 0 aromatic carbocycles. The van der Waals surface area contributed by atoms with Gasteiger partial charge in [-0.3, -0.25) is 9.59 Å². The average Bonchev–Trinajstić information content (AvgIpc) is 3.07. The molecule has 32 heavy (non-hydrogen) atoms. The Morgan fingerprint density at radius 2 is 1.72 bits per heavy atom. The molecule has 11 atom stereocenters. The van der Waals surface area contributed by atoms with Gasteiger partial charge in [-0.2, -0.15) is 0 Å². The van der Waals surface area contributed by atoms with Gasteiger partial charge in [0.2, 0.25) is 0 Å². The molecule has 6 rings (SSSR count). The highest BCUT2D eigenvalue weighted by molar-refractivity contribution is 5.67. The Morgan fingerprint density at radius 1 is 1.06 bits per heavy atom. The Balaban J connectivity index is 1.66. The van der Waals surface area contributed by atoms with Gasteiger partial charge in [-0.15, -0.1) is 0 Å². The van der Waals surface area contributed by atoms with Gasteiger partial charge in [0.1, 0.15) is 17.8 Å². The topological polar surface area (TPSA) is 123 Å². The van der Waals surface area contributed by atoms with Crippen LogP contribution in [0.2, 0.25) is 0 Å². The fourth-order valence-corrected chi connectivity index (χ4v) is 9.44. The van der Waals surface area contributed by atoms with Crippen molar-refractivity contribution in [2.75, 3.05) is 6.61 Å². The highest BCUT2D eigenvalue weighted by atomic mass is 16.6. The van der Waals surface area contributed by atoms with Gasteiger partial charge in [-0.25, -0.2) is 0 Å². The summed E-state index contributed by atoms with van der Waals surface area (Å²) >= 11 is 0. The van der Waals surface area contributed by atoms with Gasteiger partial charge in [0.05, 0.1) is 24.9 Å². The van der Waals surface area contributed by atoms with Crippen LogP contribution in [0.5, 0.6) is 0 Å². The summed E-state index contributed by atoms with van der Waals surface area (Å²) in [6, 6.07) is 0. The van der Waals surface area contributed by atoms with Crippen LogP contribution < -0.4 is 0 Å². The monoisotopic (exact) mass is 452 g/mol. The number of hydrogen-bond acceptors (Lipinski definition) is 8. The predicted octanol–water partition coefficient (Wildman–Crippen LogP) is 1.18. The van der Waals surface area contributed by atoms with Crippen molar-refractivity contribution < 1.29 is 39.1 Å². The SMILES string of the molecule is CC(=O)OC1C2C(C)(C)C(OC(C)=O)CCC2(C)C2C3CC4CC2(C1O)C(O)C4(CO)O3. The molecule has 0 amide bonds. The van der Waals surface area contributed by atoms with E-state index in [1.165, 1.54) is 13.8 Å². The fourth-order valence-electron chi connectivity index (χ4n) is 9.44. The predicted molar refractivity (Wildman–Crippen MR) is 111 cm³/mol. The Morgan fingerprint density at radius 3 is 2.28 bits per heavy atom. The lowest BCUT2D eigenvalue weighted by Gasteiger charge is -2.70. The van der Waals surface area contributed by atoms with E-state index in [1.807, 2.05) is 13.8 Å². The molecule has 2 heterocycles. The summed E-state index contributed by atoms with van der Waals surface area (Å²) in [6.07, 6.45) is -0.964. The molecule has 4 aliphatic carbocycles. The normalized spacial score (nSPS) is 54.6. The summed E-state index contributed by atoms with van der Waals surface area (Å²) in [4.78, 5) is 24.0. The molecule has 0 aromatic heterocycles. The maximum absolute atomic E-state index is 12.2.